The van der Waals surface area contributed by atoms with Gasteiger partial charge < -0.3 is 19.9 Å². The first-order chi connectivity index (χ1) is 12.2. The molecule has 144 valence electrons. The van der Waals surface area contributed by atoms with Crippen molar-refractivity contribution >= 4 is 23.4 Å². The van der Waals surface area contributed by atoms with Gasteiger partial charge in [0, 0.05) is 38.1 Å². The molecule has 1 saturated carbocycles. The summed E-state index contributed by atoms with van der Waals surface area (Å²) in [6, 6.07) is 2.02. The van der Waals surface area contributed by atoms with Gasteiger partial charge in [-0.2, -0.15) is 0 Å². The summed E-state index contributed by atoms with van der Waals surface area (Å²) in [5.41, 5.74) is 1.30. The van der Waals surface area contributed by atoms with E-state index in [1.165, 1.54) is 0 Å². The van der Waals surface area contributed by atoms with Crippen LogP contribution in [0.3, 0.4) is 0 Å². The maximum Gasteiger partial charge on any atom is 0.407 e. The van der Waals surface area contributed by atoms with E-state index < -0.39 is 11.7 Å². The van der Waals surface area contributed by atoms with Crippen LogP contribution in [0.2, 0.25) is 5.02 Å². The van der Waals surface area contributed by atoms with Crippen molar-refractivity contribution in [2.75, 3.05) is 44.7 Å². The predicted octanol–water partition coefficient (Wildman–Crippen LogP) is 3.04. The Morgan fingerprint density at radius 1 is 1.31 bits per heavy atom. The third-order valence-electron chi connectivity index (χ3n) is 5.02. The standard InChI is InChI=1S/C19H29ClN4O2/c1-18(2,3)26-17(25)22-13-19(5-6-19)16-15(20)11-14(12-21-16)24-9-7-23(4)8-10-24/h11-12H,5-10,13H2,1-4H3,(H,22,25). The molecule has 6 nitrogen and oxygen atoms in total. The fourth-order valence-corrected chi connectivity index (χ4v) is 3.62. The van der Waals surface area contributed by atoms with Crippen LogP contribution in [0.25, 0.3) is 0 Å². The van der Waals surface area contributed by atoms with E-state index in [1.54, 1.807) is 0 Å². The second kappa shape index (κ2) is 7.24. The number of rotatable bonds is 4. The van der Waals surface area contributed by atoms with Gasteiger partial charge in [-0.1, -0.05) is 11.6 Å². The number of amides is 1. The number of alkyl carbamates (subject to hydrolysis) is 1. The van der Waals surface area contributed by atoms with E-state index in [2.05, 4.69) is 27.1 Å². The smallest absolute Gasteiger partial charge is 0.407 e. The lowest BCUT2D eigenvalue weighted by Crippen LogP contribution is -2.44. The summed E-state index contributed by atoms with van der Waals surface area (Å²) >= 11 is 6.58. The van der Waals surface area contributed by atoms with E-state index >= 15 is 0 Å². The van der Waals surface area contributed by atoms with Crippen molar-refractivity contribution < 1.29 is 9.53 Å². The zero-order valence-corrected chi connectivity index (χ0v) is 16.9. The van der Waals surface area contributed by atoms with Crippen LogP contribution in [-0.4, -0.2) is 61.3 Å². The summed E-state index contributed by atoms with van der Waals surface area (Å²) in [4.78, 5) is 21.3. The highest BCUT2D eigenvalue weighted by Gasteiger charge is 2.47. The molecular formula is C19H29ClN4O2. The van der Waals surface area contributed by atoms with Crippen LogP contribution >= 0.6 is 11.6 Å². The molecule has 1 aliphatic heterocycles. The molecule has 2 heterocycles. The van der Waals surface area contributed by atoms with Crippen LogP contribution < -0.4 is 10.2 Å². The van der Waals surface area contributed by atoms with E-state index in [4.69, 9.17) is 16.3 Å². The van der Waals surface area contributed by atoms with E-state index in [1.807, 2.05) is 33.0 Å². The number of nitrogens with one attached hydrogen (secondary N) is 1. The number of ether oxygens (including phenoxy) is 1. The number of anilines is 1. The molecule has 1 saturated heterocycles. The lowest BCUT2D eigenvalue weighted by atomic mass is 10.0. The number of piperazine rings is 1. The normalized spacial score (nSPS) is 20.0. The molecule has 0 spiro atoms. The van der Waals surface area contributed by atoms with Crippen molar-refractivity contribution in [3.8, 4) is 0 Å². The topological polar surface area (TPSA) is 57.7 Å². The Morgan fingerprint density at radius 2 is 1.96 bits per heavy atom. The quantitative estimate of drug-likeness (QED) is 0.870. The average molecular weight is 381 g/mol. The molecule has 2 aliphatic rings. The monoisotopic (exact) mass is 380 g/mol. The molecule has 1 amide bonds. The van der Waals surface area contributed by atoms with Crippen molar-refractivity contribution in [2.24, 2.45) is 0 Å². The lowest BCUT2D eigenvalue weighted by Gasteiger charge is -2.34. The molecule has 1 N–H and O–H groups in total. The number of halogens is 1. The van der Waals surface area contributed by atoms with Crippen molar-refractivity contribution in [1.29, 1.82) is 0 Å². The third-order valence-corrected chi connectivity index (χ3v) is 5.31. The maximum absolute atomic E-state index is 11.9. The zero-order valence-electron chi connectivity index (χ0n) is 16.1. The molecule has 7 heteroatoms. The van der Waals surface area contributed by atoms with Crippen LogP contribution in [0.5, 0.6) is 0 Å². The van der Waals surface area contributed by atoms with Gasteiger partial charge in [0.05, 0.1) is 22.6 Å². The molecule has 0 aromatic carbocycles. The minimum absolute atomic E-state index is 0.158. The minimum Gasteiger partial charge on any atom is -0.444 e. The number of aromatic nitrogens is 1. The van der Waals surface area contributed by atoms with Gasteiger partial charge in [0.15, 0.2) is 0 Å². The van der Waals surface area contributed by atoms with Crippen LogP contribution in [0.15, 0.2) is 12.3 Å². The second-order valence-electron chi connectivity index (χ2n) is 8.45. The van der Waals surface area contributed by atoms with E-state index in [0.29, 0.717) is 11.6 Å². The van der Waals surface area contributed by atoms with Gasteiger partial charge in [0.2, 0.25) is 0 Å². The molecule has 2 fully saturated rings. The molecule has 0 bridgehead atoms. The number of hydrogen-bond donors (Lipinski definition) is 1. The molecule has 1 aromatic rings. The fourth-order valence-electron chi connectivity index (χ4n) is 3.26. The average Bonchev–Trinajstić information content (AvgIpc) is 3.33. The summed E-state index contributed by atoms with van der Waals surface area (Å²) in [6.45, 7) is 10.1. The molecule has 0 unspecified atom stereocenters. The number of carbonyl (C=O) groups excluding carboxylic acids is 1. The first-order valence-corrected chi connectivity index (χ1v) is 9.63. The van der Waals surface area contributed by atoms with Crippen LogP contribution in [-0.2, 0) is 10.2 Å². The number of nitrogens with zero attached hydrogens (tertiary/aromatic N) is 3. The molecule has 26 heavy (non-hydrogen) atoms. The van der Waals surface area contributed by atoms with E-state index in [9.17, 15) is 4.79 Å². The van der Waals surface area contributed by atoms with Gasteiger partial charge in [-0.3, -0.25) is 4.98 Å². The highest BCUT2D eigenvalue weighted by atomic mass is 35.5. The third kappa shape index (κ3) is 4.60. The lowest BCUT2D eigenvalue weighted by molar-refractivity contribution is 0.0522. The number of likely N-dealkylation sites (N-methyl/N-ethyl adjacent to an activating group) is 1. The van der Waals surface area contributed by atoms with Gasteiger partial charge in [0.1, 0.15) is 5.60 Å². The fraction of sp³-hybridized carbons (Fsp3) is 0.684. The Morgan fingerprint density at radius 3 is 2.50 bits per heavy atom. The number of hydrogen-bond acceptors (Lipinski definition) is 5. The zero-order chi connectivity index (χ0) is 18.9. The maximum atomic E-state index is 11.9. The van der Waals surface area contributed by atoms with Gasteiger partial charge in [0.25, 0.3) is 0 Å². The first kappa shape index (κ1) is 19.2. The molecule has 3 rings (SSSR count). The van der Waals surface area contributed by atoms with Crippen LogP contribution in [0.4, 0.5) is 10.5 Å². The molecule has 0 atom stereocenters. The van der Waals surface area contributed by atoms with Crippen LogP contribution in [0, 0.1) is 0 Å². The highest BCUT2D eigenvalue weighted by molar-refractivity contribution is 6.31. The Labute approximate surface area is 160 Å². The molecule has 1 aliphatic carbocycles. The summed E-state index contributed by atoms with van der Waals surface area (Å²) in [5, 5.41) is 3.56. The molecular weight excluding hydrogens is 352 g/mol. The largest absolute Gasteiger partial charge is 0.444 e. The van der Waals surface area contributed by atoms with Crippen molar-refractivity contribution in [2.45, 2.75) is 44.6 Å². The van der Waals surface area contributed by atoms with Gasteiger partial charge in [-0.25, -0.2) is 4.79 Å². The Bertz CT molecular complexity index is 662. The second-order valence-corrected chi connectivity index (χ2v) is 8.86. The minimum atomic E-state index is -0.499. The van der Waals surface area contributed by atoms with E-state index in [-0.39, 0.29) is 5.41 Å². The first-order valence-electron chi connectivity index (χ1n) is 9.25. The van der Waals surface area contributed by atoms with Crippen molar-refractivity contribution in [3.63, 3.8) is 0 Å². The highest BCUT2D eigenvalue weighted by Crippen LogP contribution is 2.49. The summed E-state index contributed by atoms with van der Waals surface area (Å²) in [7, 11) is 2.14. The van der Waals surface area contributed by atoms with Gasteiger partial charge in [-0.05, 0) is 46.7 Å². The van der Waals surface area contributed by atoms with Crippen molar-refractivity contribution in [3.05, 3.63) is 23.0 Å². The summed E-state index contributed by atoms with van der Waals surface area (Å²) < 4.78 is 5.32. The van der Waals surface area contributed by atoms with Gasteiger partial charge >= 0.3 is 6.09 Å². The van der Waals surface area contributed by atoms with E-state index in [0.717, 1.165) is 50.4 Å². The summed E-state index contributed by atoms with van der Waals surface area (Å²) in [6.07, 6.45) is 3.47. The van der Waals surface area contributed by atoms with Crippen LogP contribution in [0.1, 0.15) is 39.3 Å². The number of carbonyl (C=O) groups is 1. The SMILES string of the molecule is CN1CCN(c2cnc(C3(CNC(=O)OC(C)(C)C)CC3)c(Cl)c2)CC1. The Kier molecular flexibility index (Phi) is 5.35. The molecule has 0 radical (unpaired) electrons. The summed E-state index contributed by atoms with van der Waals surface area (Å²) in [5.74, 6) is 0. The number of pyridine rings is 1. The van der Waals surface area contributed by atoms with Gasteiger partial charge in [-0.15, -0.1) is 0 Å². The Balaban J connectivity index is 1.64. The Hall–Kier alpha value is -1.53. The molecule has 1 aromatic heterocycles. The van der Waals surface area contributed by atoms with Crippen molar-refractivity contribution in [1.82, 2.24) is 15.2 Å². The predicted molar refractivity (Wildman–Crippen MR) is 104 cm³/mol.